The summed E-state index contributed by atoms with van der Waals surface area (Å²) in [6.07, 6.45) is 5.25. The number of terminal acetylenes is 1. The van der Waals surface area contributed by atoms with E-state index in [1.54, 1.807) is 13.8 Å². The fourth-order valence-corrected chi connectivity index (χ4v) is 1.51. The third-order valence-corrected chi connectivity index (χ3v) is 2.56. The quantitative estimate of drug-likeness (QED) is 0.745. The smallest absolute Gasteiger partial charge is 0.337 e. The maximum absolute atomic E-state index is 11.6. The van der Waals surface area contributed by atoms with Crippen LogP contribution >= 0.6 is 11.6 Å². The van der Waals surface area contributed by atoms with E-state index in [0.717, 1.165) is 0 Å². The Morgan fingerprint density at radius 2 is 2.05 bits per heavy atom. The fraction of sp³-hybridized carbons (Fsp3) is 0.231. The van der Waals surface area contributed by atoms with E-state index >= 15 is 0 Å². The summed E-state index contributed by atoms with van der Waals surface area (Å²) in [7, 11) is 0. The molecular formula is C13H13ClN2O3. The summed E-state index contributed by atoms with van der Waals surface area (Å²) < 4.78 is 0. The van der Waals surface area contributed by atoms with Crippen molar-refractivity contribution in [2.75, 3.05) is 5.32 Å². The van der Waals surface area contributed by atoms with Crippen LogP contribution in [0.1, 0.15) is 24.2 Å². The molecule has 0 radical (unpaired) electrons. The predicted octanol–water partition coefficient (Wildman–Crippen LogP) is 2.57. The van der Waals surface area contributed by atoms with Gasteiger partial charge in [0, 0.05) is 5.69 Å². The third-order valence-electron chi connectivity index (χ3n) is 2.24. The summed E-state index contributed by atoms with van der Waals surface area (Å²) in [6.45, 7) is 3.35. The van der Waals surface area contributed by atoms with Gasteiger partial charge in [-0.2, -0.15) is 0 Å². The number of amides is 2. The molecule has 19 heavy (non-hydrogen) atoms. The number of carboxylic acids is 1. The van der Waals surface area contributed by atoms with Crippen molar-refractivity contribution >= 4 is 29.3 Å². The maximum atomic E-state index is 11.6. The van der Waals surface area contributed by atoms with E-state index in [2.05, 4.69) is 16.6 Å². The van der Waals surface area contributed by atoms with Gasteiger partial charge in [-0.25, -0.2) is 9.59 Å². The van der Waals surface area contributed by atoms with Crippen LogP contribution in [0.3, 0.4) is 0 Å². The Balaban J connectivity index is 2.79. The molecule has 0 atom stereocenters. The van der Waals surface area contributed by atoms with Gasteiger partial charge in [0.2, 0.25) is 0 Å². The van der Waals surface area contributed by atoms with Crippen LogP contribution in [-0.4, -0.2) is 22.6 Å². The van der Waals surface area contributed by atoms with Crippen LogP contribution in [0, 0.1) is 12.3 Å². The van der Waals surface area contributed by atoms with Crippen molar-refractivity contribution in [1.82, 2.24) is 5.32 Å². The summed E-state index contributed by atoms with van der Waals surface area (Å²) in [5.74, 6) is 1.29. The molecule has 0 saturated heterocycles. The molecule has 1 aromatic carbocycles. The topological polar surface area (TPSA) is 78.4 Å². The van der Waals surface area contributed by atoms with Crippen LogP contribution < -0.4 is 10.6 Å². The van der Waals surface area contributed by atoms with Gasteiger partial charge in [-0.1, -0.05) is 17.5 Å². The molecular weight excluding hydrogens is 268 g/mol. The van der Waals surface area contributed by atoms with Gasteiger partial charge in [0.1, 0.15) is 0 Å². The van der Waals surface area contributed by atoms with Crippen LogP contribution in [0.4, 0.5) is 10.5 Å². The van der Waals surface area contributed by atoms with E-state index in [9.17, 15) is 9.59 Å². The number of anilines is 1. The maximum Gasteiger partial charge on any atom is 0.337 e. The van der Waals surface area contributed by atoms with Crippen LogP contribution in [0.2, 0.25) is 5.02 Å². The van der Waals surface area contributed by atoms with E-state index in [1.165, 1.54) is 18.2 Å². The molecule has 6 heteroatoms. The lowest BCUT2D eigenvalue weighted by molar-refractivity contribution is 0.0697. The van der Waals surface area contributed by atoms with Crippen LogP contribution in [-0.2, 0) is 0 Å². The summed E-state index contributed by atoms with van der Waals surface area (Å²) >= 11 is 5.78. The molecule has 0 spiro atoms. The number of carboxylic acid groups (broad SMARTS) is 1. The van der Waals surface area contributed by atoms with Gasteiger partial charge in [-0.15, -0.1) is 6.42 Å². The molecule has 0 aliphatic carbocycles. The van der Waals surface area contributed by atoms with Crippen molar-refractivity contribution in [3.8, 4) is 12.3 Å². The van der Waals surface area contributed by atoms with Crippen molar-refractivity contribution in [2.45, 2.75) is 19.4 Å². The molecule has 1 rings (SSSR count). The number of aromatic carboxylic acids is 1. The third kappa shape index (κ3) is 4.19. The number of hydrogen-bond acceptors (Lipinski definition) is 2. The lowest BCUT2D eigenvalue weighted by atomic mass is 10.1. The summed E-state index contributed by atoms with van der Waals surface area (Å²) in [5, 5.41) is 13.9. The molecule has 0 aliphatic rings. The Bertz CT molecular complexity index is 561. The monoisotopic (exact) mass is 280 g/mol. The Labute approximate surface area is 116 Å². The number of benzene rings is 1. The lowest BCUT2D eigenvalue weighted by Gasteiger charge is -2.19. The minimum Gasteiger partial charge on any atom is -0.478 e. The molecule has 0 heterocycles. The van der Waals surface area contributed by atoms with Crippen LogP contribution in [0.5, 0.6) is 0 Å². The van der Waals surface area contributed by atoms with E-state index in [0.29, 0.717) is 5.69 Å². The average Bonchev–Trinajstić information content (AvgIpc) is 2.27. The highest BCUT2D eigenvalue weighted by Crippen LogP contribution is 2.21. The van der Waals surface area contributed by atoms with Crippen molar-refractivity contribution in [3.63, 3.8) is 0 Å². The molecule has 100 valence electrons. The largest absolute Gasteiger partial charge is 0.478 e. The van der Waals surface area contributed by atoms with Crippen LogP contribution in [0.25, 0.3) is 0 Å². The number of hydrogen-bond donors (Lipinski definition) is 3. The number of halogens is 1. The second-order valence-corrected chi connectivity index (χ2v) is 4.76. The minimum atomic E-state index is -1.13. The zero-order chi connectivity index (χ0) is 14.6. The van der Waals surface area contributed by atoms with Gasteiger partial charge in [0.15, 0.2) is 0 Å². The first-order chi connectivity index (χ1) is 8.75. The van der Waals surface area contributed by atoms with Crippen molar-refractivity contribution in [3.05, 3.63) is 28.8 Å². The number of carbonyl (C=O) groups is 2. The van der Waals surface area contributed by atoms with E-state index < -0.39 is 17.5 Å². The average molecular weight is 281 g/mol. The zero-order valence-corrected chi connectivity index (χ0v) is 11.2. The second kappa shape index (κ2) is 5.63. The van der Waals surface area contributed by atoms with E-state index in [4.69, 9.17) is 23.1 Å². The van der Waals surface area contributed by atoms with Crippen molar-refractivity contribution in [1.29, 1.82) is 0 Å². The first-order valence-corrected chi connectivity index (χ1v) is 5.73. The SMILES string of the molecule is C#CC(C)(C)NC(=O)Nc1ccc(C(=O)O)c(Cl)c1. The second-order valence-electron chi connectivity index (χ2n) is 4.35. The first kappa shape index (κ1) is 14.9. The van der Waals surface area contributed by atoms with Gasteiger partial charge < -0.3 is 15.7 Å². The molecule has 0 bridgehead atoms. The lowest BCUT2D eigenvalue weighted by Crippen LogP contribution is -2.44. The van der Waals surface area contributed by atoms with Crippen molar-refractivity contribution in [2.24, 2.45) is 0 Å². The highest BCUT2D eigenvalue weighted by atomic mass is 35.5. The molecule has 5 nitrogen and oxygen atoms in total. The number of rotatable bonds is 3. The number of nitrogens with one attached hydrogen (secondary N) is 2. The summed E-state index contributed by atoms with van der Waals surface area (Å²) in [4.78, 5) is 22.4. The fourth-order valence-electron chi connectivity index (χ4n) is 1.25. The summed E-state index contributed by atoms with van der Waals surface area (Å²) in [5.41, 5.74) is -0.439. The summed E-state index contributed by atoms with van der Waals surface area (Å²) in [6, 6.07) is 3.61. The Morgan fingerprint density at radius 1 is 1.42 bits per heavy atom. The highest BCUT2D eigenvalue weighted by Gasteiger charge is 2.17. The molecule has 3 N–H and O–H groups in total. The van der Waals surface area contributed by atoms with Gasteiger partial charge in [0.25, 0.3) is 0 Å². The predicted molar refractivity (Wildman–Crippen MR) is 73.5 cm³/mol. The Morgan fingerprint density at radius 3 is 2.53 bits per heavy atom. The minimum absolute atomic E-state index is 0.0309. The standard InChI is InChI=1S/C13H13ClN2O3/c1-4-13(2,3)16-12(19)15-8-5-6-9(11(17)18)10(14)7-8/h1,5-7H,2-3H3,(H,17,18)(H2,15,16,19). The van der Waals surface area contributed by atoms with Gasteiger partial charge in [-0.3, -0.25) is 0 Å². The molecule has 2 amide bonds. The molecule has 1 aromatic rings. The number of urea groups is 1. The zero-order valence-electron chi connectivity index (χ0n) is 10.5. The van der Waals surface area contributed by atoms with Gasteiger partial charge >= 0.3 is 12.0 Å². The van der Waals surface area contributed by atoms with E-state index in [1.807, 2.05) is 0 Å². The van der Waals surface area contributed by atoms with Crippen molar-refractivity contribution < 1.29 is 14.7 Å². The first-order valence-electron chi connectivity index (χ1n) is 5.35. The molecule has 0 fully saturated rings. The highest BCUT2D eigenvalue weighted by molar-refractivity contribution is 6.33. The molecule has 0 aliphatic heterocycles. The van der Waals surface area contributed by atoms with Gasteiger partial charge in [0.05, 0.1) is 16.1 Å². The molecule has 0 aromatic heterocycles. The molecule has 0 unspecified atom stereocenters. The normalized spacial score (nSPS) is 10.4. The number of carbonyl (C=O) groups excluding carboxylic acids is 1. The van der Waals surface area contributed by atoms with Gasteiger partial charge in [-0.05, 0) is 32.0 Å². The molecule has 0 saturated carbocycles. The Kier molecular flexibility index (Phi) is 4.41. The Hall–Kier alpha value is -2.19. The van der Waals surface area contributed by atoms with E-state index in [-0.39, 0.29) is 10.6 Å². The van der Waals surface area contributed by atoms with Crippen LogP contribution in [0.15, 0.2) is 18.2 Å².